The molecule has 1 fully saturated rings. The van der Waals surface area contributed by atoms with Crippen molar-refractivity contribution in [1.29, 1.82) is 0 Å². The van der Waals surface area contributed by atoms with E-state index >= 15 is 0 Å². The summed E-state index contributed by atoms with van der Waals surface area (Å²) >= 11 is 0. The molecular formula is C13H17N3O2. The minimum atomic E-state index is -0.514. The van der Waals surface area contributed by atoms with Crippen LogP contribution in [0.4, 0.5) is 5.69 Å². The van der Waals surface area contributed by atoms with Gasteiger partial charge in [-0.05, 0) is 37.5 Å². The molecule has 0 aliphatic heterocycles. The molecule has 0 heterocycles. The van der Waals surface area contributed by atoms with Crippen LogP contribution in [0.2, 0.25) is 0 Å². The molecule has 1 aliphatic carbocycles. The Morgan fingerprint density at radius 3 is 2.61 bits per heavy atom. The molecule has 0 saturated heterocycles. The third kappa shape index (κ3) is 2.87. The summed E-state index contributed by atoms with van der Waals surface area (Å²) in [5.74, 6) is -0.640. The number of anilines is 1. The Hall–Kier alpha value is -1.88. The van der Waals surface area contributed by atoms with Crippen molar-refractivity contribution in [2.75, 3.05) is 5.32 Å². The first-order chi connectivity index (χ1) is 8.48. The normalized spacial score (nSPS) is 16.7. The number of amides is 2. The Bertz CT molecular complexity index is 481. The number of benzene rings is 1. The fourth-order valence-electron chi connectivity index (χ4n) is 2.08. The average Bonchev–Trinajstić information content (AvgIpc) is 2.27. The van der Waals surface area contributed by atoms with Crippen molar-refractivity contribution >= 4 is 17.5 Å². The second-order valence-corrected chi connectivity index (χ2v) is 4.89. The molecule has 0 radical (unpaired) electrons. The predicted octanol–water partition coefficient (Wildman–Crippen LogP) is 0.995. The molecule has 5 nitrogen and oxygen atoms in total. The Balaban J connectivity index is 1.98. The van der Waals surface area contributed by atoms with E-state index in [1.165, 1.54) is 0 Å². The van der Waals surface area contributed by atoms with Gasteiger partial charge in [-0.2, -0.15) is 0 Å². The lowest BCUT2D eigenvalue weighted by Gasteiger charge is -2.37. The second-order valence-electron chi connectivity index (χ2n) is 4.89. The molecule has 1 aromatic rings. The van der Waals surface area contributed by atoms with Gasteiger partial charge in [0, 0.05) is 23.2 Å². The van der Waals surface area contributed by atoms with Gasteiger partial charge in [0.15, 0.2) is 0 Å². The van der Waals surface area contributed by atoms with E-state index in [2.05, 4.69) is 5.32 Å². The third-order valence-corrected chi connectivity index (χ3v) is 3.29. The molecule has 18 heavy (non-hydrogen) atoms. The minimum Gasteiger partial charge on any atom is -0.366 e. The van der Waals surface area contributed by atoms with Crippen LogP contribution < -0.4 is 16.8 Å². The molecule has 0 bridgehead atoms. The Labute approximate surface area is 106 Å². The zero-order chi connectivity index (χ0) is 13.2. The molecular weight excluding hydrogens is 230 g/mol. The van der Waals surface area contributed by atoms with Crippen LogP contribution in [-0.2, 0) is 4.79 Å². The Kier molecular flexibility index (Phi) is 3.34. The average molecular weight is 247 g/mol. The van der Waals surface area contributed by atoms with Crippen molar-refractivity contribution in [1.82, 2.24) is 0 Å². The van der Waals surface area contributed by atoms with Crippen LogP contribution in [0.5, 0.6) is 0 Å². The maximum Gasteiger partial charge on any atom is 0.248 e. The van der Waals surface area contributed by atoms with E-state index in [4.69, 9.17) is 11.5 Å². The van der Waals surface area contributed by atoms with Crippen molar-refractivity contribution in [3.05, 3.63) is 29.8 Å². The van der Waals surface area contributed by atoms with Crippen molar-refractivity contribution in [2.45, 2.75) is 31.2 Å². The molecule has 0 aromatic heterocycles. The molecule has 96 valence electrons. The largest absolute Gasteiger partial charge is 0.366 e. The standard InChI is InChI=1S/C13H17N3O2/c14-12(18)9-3-1-4-10(7-9)16-11(17)8-13(15)5-2-6-13/h1,3-4,7H,2,5-6,8,15H2,(H2,14,18)(H,16,17). The van der Waals surface area contributed by atoms with Crippen molar-refractivity contribution in [3.8, 4) is 0 Å². The highest BCUT2D eigenvalue weighted by Gasteiger charge is 2.34. The SMILES string of the molecule is NC(=O)c1cccc(NC(=O)CC2(N)CCC2)c1. The highest BCUT2D eigenvalue weighted by Crippen LogP contribution is 2.32. The molecule has 0 unspecified atom stereocenters. The van der Waals surface area contributed by atoms with Gasteiger partial charge in [0.2, 0.25) is 11.8 Å². The molecule has 1 saturated carbocycles. The topological polar surface area (TPSA) is 98.2 Å². The maximum absolute atomic E-state index is 11.8. The summed E-state index contributed by atoms with van der Waals surface area (Å²) < 4.78 is 0. The zero-order valence-corrected chi connectivity index (χ0v) is 10.1. The second kappa shape index (κ2) is 4.78. The van der Waals surface area contributed by atoms with Gasteiger partial charge in [0.1, 0.15) is 0 Å². The van der Waals surface area contributed by atoms with Crippen LogP contribution in [0.15, 0.2) is 24.3 Å². The van der Waals surface area contributed by atoms with E-state index in [0.29, 0.717) is 17.7 Å². The van der Waals surface area contributed by atoms with Crippen LogP contribution in [0, 0.1) is 0 Å². The van der Waals surface area contributed by atoms with E-state index < -0.39 is 5.91 Å². The first-order valence-electron chi connectivity index (χ1n) is 5.97. The van der Waals surface area contributed by atoms with E-state index in [-0.39, 0.29) is 11.4 Å². The molecule has 2 amide bonds. The summed E-state index contributed by atoms with van der Waals surface area (Å²) in [6.45, 7) is 0. The highest BCUT2D eigenvalue weighted by atomic mass is 16.2. The van der Waals surface area contributed by atoms with Crippen molar-refractivity contribution in [2.24, 2.45) is 11.5 Å². The predicted molar refractivity (Wildman–Crippen MR) is 69.0 cm³/mol. The van der Waals surface area contributed by atoms with E-state index in [0.717, 1.165) is 19.3 Å². The van der Waals surface area contributed by atoms with Crippen LogP contribution in [0.1, 0.15) is 36.0 Å². The fraction of sp³-hybridized carbons (Fsp3) is 0.385. The number of carbonyl (C=O) groups excluding carboxylic acids is 2. The summed E-state index contributed by atoms with van der Waals surface area (Å²) in [6, 6.07) is 6.56. The lowest BCUT2D eigenvalue weighted by Crippen LogP contribution is -2.48. The molecule has 2 rings (SSSR count). The van der Waals surface area contributed by atoms with Gasteiger partial charge in [-0.15, -0.1) is 0 Å². The van der Waals surface area contributed by atoms with Gasteiger partial charge >= 0.3 is 0 Å². The van der Waals surface area contributed by atoms with Gasteiger partial charge in [-0.25, -0.2) is 0 Å². The van der Waals surface area contributed by atoms with Gasteiger partial charge in [-0.3, -0.25) is 9.59 Å². The van der Waals surface area contributed by atoms with Gasteiger partial charge in [0.25, 0.3) is 0 Å². The van der Waals surface area contributed by atoms with Crippen molar-refractivity contribution in [3.63, 3.8) is 0 Å². The Morgan fingerprint density at radius 2 is 2.06 bits per heavy atom. The zero-order valence-electron chi connectivity index (χ0n) is 10.1. The van der Waals surface area contributed by atoms with Crippen LogP contribution in [0.25, 0.3) is 0 Å². The van der Waals surface area contributed by atoms with E-state index in [1.54, 1.807) is 24.3 Å². The molecule has 5 N–H and O–H groups in total. The van der Waals surface area contributed by atoms with Gasteiger partial charge < -0.3 is 16.8 Å². The number of hydrogen-bond acceptors (Lipinski definition) is 3. The molecule has 5 heteroatoms. The quantitative estimate of drug-likeness (QED) is 0.740. The Morgan fingerprint density at radius 1 is 1.33 bits per heavy atom. The fourth-order valence-corrected chi connectivity index (χ4v) is 2.08. The maximum atomic E-state index is 11.8. The van der Waals surface area contributed by atoms with Gasteiger partial charge in [0.05, 0.1) is 0 Å². The monoisotopic (exact) mass is 247 g/mol. The highest BCUT2D eigenvalue weighted by molar-refractivity contribution is 5.96. The number of nitrogens with two attached hydrogens (primary N) is 2. The number of hydrogen-bond donors (Lipinski definition) is 3. The summed E-state index contributed by atoms with van der Waals surface area (Å²) in [5, 5.41) is 2.73. The summed E-state index contributed by atoms with van der Waals surface area (Å²) in [5.41, 5.74) is 11.8. The lowest BCUT2D eigenvalue weighted by molar-refractivity contribution is -0.118. The number of rotatable bonds is 4. The molecule has 0 spiro atoms. The first-order valence-corrected chi connectivity index (χ1v) is 5.97. The summed E-state index contributed by atoms with van der Waals surface area (Å²) in [7, 11) is 0. The van der Waals surface area contributed by atoms with Crippen LogP contribution in [-0.4, -0.2) is 17.4 Å². The van der Waals surface area contributed by atoms with Crippen molar-refractivity contribution < 1.29 is 9.59 Å². The molecule has 1 aliphatic rings. The summed E-state index contributed by atoms with van der Waals surface area (Å²) in [4.78, 5) is 22.8. The number of nitrogens with one attached hydrogen (secondary N) is 1. The molecule has 1 aromatic carbocycles. The molecule has 0 atom stereocenters. The number of primary amides is 1. The summed E-state index contributed by atoms with van der Waals surface area (Å²) in [6.07, 6.45) is 3.18. The van der Waals surface area contributed by atoms with E-state index in [1.807, 2.05) is 0 Å². The first kappa shape index (κ1) is 12.6. The lowest BCUT2D eigenvalue weighted by atomic mass is 9.75. The van der Waals surface area contributed by atoms with Crippen LogP contribution >= 0.6 is 0 Å². The van der Waals surface area contributed by atoms with Crippen LogP contribution in [0.3, 0.4) is 0 Å². The van der Waals surface area contributed by atoms with Gasteiger partial charge in [-0.1, -0.05) is 6.07 Å². The van der Waals surface area contributed by atoms with E-state index in [9.17, 15) is 9.59 Å². The third-order valence-electron chi connectivity index (χ3n) is 3.29. The smallest absolute Gasteiger partial charge is 0.248 e. The minimum absolute atomic E-state index is 0.126. The number of carbonyl (C=O) groups is 2.